The number of carbonyl (C=O) groups is 1. The molecular formula is C17H29N3O. The standard InChI is InChI=1S/C17H29N3O/c1-5-6-11-20(13-16(18)21)15-10-8-7-9-14(15)12-19-17(2,3)4/h7-10,19H,5-6,11-13H2,1-4H3,(H2,18,21). The minimum atomic E-state index is -0.287. The van der Waals surface area contributed by atoms with Crippen molar-refractivity contribution in [1.82, 2.24) is 5.32 Å². The van der Waals surface area contributed by atoms with Crippen molar-refractivity contribution in [2.75, 3.05) is 18.0 Å². The second kappa shape index (κ2) is 8.03. The largest absolute Gasteiger partial charge is 0.368 e. The highest BCUT2D eigenvalue weighted by molar-refractivity contribution is 5.80. The number of hydrogen-bond acceptors (Lipinski definition) is 3. The number of nitrogens with one attached hydrogen (secondary N) is 1. The van der Waals surface area contributed by atoms with Gasteiger partial charge in [0.25, 0.3) is 0 Å². The topological polar surface area (TPSA) is 58.4 Å². The first-order chi connectivity index (χ1) is 9.83. The summed E-state index contributed by atoms with van der Waals surface area (Å²) in [5.74, 6) is -0.287. The number of para-hydroxylation sites is 1. The second-order valence-electron chi connectivity index (χ2n) is 6.47. The van der Waals surface area contributed by atoms with Crippen molar-refractivity contribution in [3.8, 4) is 0 Å². The van der Waals surface area contributed by atoms with E-state index in [9.17, 15) is 4.79 Å². The minimum absolute atomic E-state index is 0.0606. The van der Waals surface area contributed by atoms with E-state index >= 15 is 0 Å². The number of rotatable bonds is 8. The Labute approximate surface area is 128 Å². The van der Waals surface area contributed by atoms with Crippen LogP contribution in [0.3, 0.4) is 0 Å². The summed E-state index contributed by atoms with van der Waals surface area (Å²) in [6.07, 6.45) is 2.14. The van der Waals surface area contributed by atoms with Crippen LogP contribution in [-0.2, 0) is 11.3 Å². The van der Waals surface area contributed by atoms with Crippen molar-refractivity contribution in [1.29, 1.82) is 0 Å². The molecule has 1 aromatic carbocycles. The van der Waals surface area contributed by atoms with Gasteiger partial charge in [0.15, 0.2) is 0 Å². The van der Waals surface area contributed by atoms with Gasteiger partial charge in [0.05, 0.1) is 6.54 Å². The lowest BCUT2D eigenvalue weighted by Gasteiger charge is -2.27. The van der Waals surface area contributed by atoms with Crippen molar-refractivity contribution >= 4 is 11.6 Å². The predicted molar refractivity (Wildman–Crippen MR) is 89.4 cm³/mol. The Morgan fingerprint density at radius 3 is 2.52 bits per heavy atom. The van der Waals surface area contributed by atoms with E-state index < -0.39 is 0 Å². The Morgan fingerprint density at radius 1 is 1.29 bits per heavy atom. The number of benzene rings is 1. The highest BCUT2D eigenvalue weighted by Crippen LogP contribution is 2.21. The van der Waals surface area contributed by atoms with E-state index in [4.69, 9.17) is 5.73 Å². The van der Waals surface area contributed by atoms with Gasteiger partial charge in [-0.3, -0.25) is 4.79 Å². The number of primary amides is 1. The number of hydrogen-bond donors (Lipinski definition) is 2. The fourth-order valence-electron chi connectivity index (χ4n) is 2.15. The zero-order valence-electron chi connectivity index (χ0n) is 13.8. The molecule has 4 nitrogen and oxygen atoms in total. The van der Waals surface area contributed by atoms with Crippen LogP contribution in [0.15, 0.2) is 24.3 Å². The molecule has 0 unspecified atom stereocenters. The minimum Gasteiger partial charge on any atom is -0.368 e. The van der Waals surface area contributed by atoms with Gasteiger partial charge in [-0.1, -0.05) is 31.5 Å². The summed E-state index contributed by atoms with van der Waals surface area (Å²) in [6.45, 7) is 10.5. The number of anilines is 1. The Kier molecular flexibility index (Phi) is 6.69. The van der Waals surface area contributed by atoms with Gasteiger partial charge in [0.1, 0.15) is 0 Å². The summed E-state index contributed by atoms with van der Waals surface area (Å²) in [6, 6.07) is 8.22. The average molecular weight is 291 g/mol. The lowest BCUT2D eigenvalue weighted by atomic mass is 10.1. The summed E-state index contributed by atoms with van der Waals surface area (Å²) >= 11 is 0. The van der Waals surface area contributed by atoms with Gasteiger partial charge in [-0.25, -0.2) is 0 Å². The van der Waals surface area contributed by atoms with Gasteiger partial charge in [0, 0.05) is 24.3 Å². The SMILES string of the molecule is CCCCN(CC(N)=O)c1ccccc1CNC(C)(C)C. The first kappa shape index (κ1) is 17.5. The number of nitrogens with zero attached hydrogens (tertiary/aromatic N) is 1. The van der Waals surface area contributed by atoms with Crippen molar-refractivity contribution in [3.63, 3.8) is 0 Å². The van der Waals surface area contributed by atoms with Gasteiger partial charge >= 0.3 is 0 Å². The van der Waals surface area contributed by atoms with Crippen LogP contribution in [0.4, 0.5) is 5.69 Å². The van der Waals surface area contributed by atoms with Gasteiger partial charge < -0.3 is 16.0 Å². The van der Waals surface area contributed by atoms with E-state index in [0.717, 1.165) is 31.6 Å². The molecule has 3 N–H and O–H groups in total. The molecule has 0 spiro atoms. The third-order valence-electron chi connectivity index (χ3n) is 3.27. The van der Waals surface area contributed by atoms with Crippen molar-refractivity contribution in [2.24, 2.45) is 5.73 Å². The number of carbonyl (C=O) groups excluding carboxylic acids is 1. The quantitative estimate of drug-likeness (QED) is 0.774. The molecular weight excluding hydrogens is 262 g/mol. The average Bonchev–Trinajstić information content (AvgIpc) is 2.40. The molecule has 0 saturated carbocycles. The monoisotopic (exact) mass is 291 g/mol. The second-order valence-corrected chi connectivity index (χ2v) is 6.47. The lowest BCUT2D eigenvalue weighted by molar-refractivity contribution is -0.116. The van der Waals surface area contributed by atoms with Crippen LogP contribution in [0.2, 0.25) is 0 Å². The molecule has 0 bridgehead atoms. The highest BCUT2D eigenvalue weighted by atomic mass is 16.1. The van der Waals surface area contributed by atoms with Crippen molar-refractivity contribution in [2.45, 2.75) is 52.6 Å². The van der Waals surface area contributed by atoms with Gasteiger partial charge in [-0.2, -0.15) is 0 Å². The molecule has 1 rings (SSSR count). The molecule has 0 heterocycles. The maximum atomic E-state index is 11.3. The Balaban J connectivity index is 2.92. The molecule has 4 heteroatoms. The Morgan fingerprint density at radius 2 is 1.95 bits per heavy atom. The summed E-state index contributed by atoms with van der Waals surface area (Å²) in [5.41, 5.74) is 7.76. The molecule has 118 valence electrons. The molecule has 0 aliphatic carbocycles. The summed E-state index contributed by atoms with van der Waals surface area (Å²) < 4.78 is 0. The maximum absolute atomic E-state index is 11.3. The van der Waals surface area contributed by atoms with E-state index in [1.807, 2.05) is 12.1 Å². The molecule has 1 aromatic rings. The third kappa shape index (κ3) is 6.63. The number of nitrogens with two attached hydrogens (primary N) is 1. The third-order valence-corrected chi connectivity index (χ3v) is 3.27. The number of amides is 1. The summed E-state index contributed by atoms with van der Waals surface area (Å²) in [5, 5.41) is 3.50. The van der Waals surface area contributed by atoms with Crippen LogP contribution in [-0.4, -0.2) is 24.5 Å². The van der Waals surface area contributed by atoms with Crippen molar-refractivity contribution in [3.05, 3.63) is 29.8 Å². The van der Waals surface area contributed by atoms with E-state index in [1.165, 1.54) is 5.56 Å². The normalized spacial score (nSPS) is 11.4. The van der Waals surface area contributed by atoms with Gasteiger partial charge in [0.2, 0.25) is 5.91 Å². The molecule has 0 radical (unpaired) electrons. The van der Waals surface area contributed by atoms with E-state index in [1.54, 1.807) is 0 Å². The lowest BCUT2D eigenvalue weighted by Crippen LogP contribution is -2.37. The molecule has 0 aliphatic rings. The van der Waals surface area contributed by atoms with Crippen LogP contribution < -0.4 is 16.0 Å². The van der Waals surface area contributed by atoms with Crippen LogP contribution in [0.25, 0.3) is 0 Å². The molecule has 0 fully saturated rings. The molecule has 21 heavy (non-hydrogen) atoms. The van der Waals surface area contributed by atoms with Gasteiger partial charge in [-0.05, 0) is 38.8 Å². The van der Waals surface area contributed by atoms with E-state index in [0.29, 0.717) is 0 Å². The molecule has 0 saturated heterocycles. The fraction of sp³-hybridized carbons (Fsp3) is 0.588. The van der Waals surface area contributed by atoms with E-state index in [-0.39, 0.29) is 18.0 Å². The zero-order valence-corrected chi connectivity index (χ0v) is 13.8. The summed E-state index contributed by atoms with van der Waals surface area (Å²) in [7, 11) is 0. The van der Waals surface area contributed by atoms with E-state index in [2.05, 4.69) is 50.0 Å². The van der Waals surface area contributed by atoms with Crippen LogP contribution in [0.5, 0.6) is 0 Å². The van der Waals surface area contributed by atoms with Crippen LogP contribution in [0.1, 0.15) is 46.1 Å². The Hall–Kier alpha value is -1.55. The zero-order chi connectivity index (χ0) is 15.9. The highest BCUT2D eigenvalue weighted by Gasteiger charge is 2.15. The maximum Gasteiger partial charge on any atom is 0.236 e. The molecule has 1 amide bonds. The van der Waals surface area contributed by atoms with Crippen molar-refractivity contribution < 1.29 is 4.79 Å². The Bertz CT molecular complexity index is 452. The van der Waals surface area contributed by atoms with Crippen LogP contribution in [0, 0.1) is 0 Å². The molecule has 0 aliphatic heterocycles. The van der Waals surface area contributed by atoms with Gasteiger partial charge in [-0.15, -0.1) is 0 Å². The fourth-order valence-corrected chi connectivity index (χ4v) is 2.15. The first-order valence-electron chi connectivity index (χ1n) is 7.69. The summed E-state index contributed by atoms with van der Waals surface area (Å²) in [4.78, 5) is 13.4. The smallest absolute Gasteiger partial charge is 0.236 e. The number of unbranched alkanes of at least 4 members (excludes halogenated alkanes) is 1. The first-order valence-corrected chi connectivity index (χ1v) is 7.69. The van der Waals surface area contributed by atoms with Crippen LogP contribution >= 0.6 is 0 Å². The predicted octanol–water partition coefficient (Wildman–Crippen LogP) is 2.67. The molecule has 0 aromatic heterocycles. The molecule has 0 atom stereocenters.